The van der Waals surface area contributed by atoms with Crippen LogP contribution in [0.4, 0.5) is 0 Å². The molecule has 1 aliphatic heterocycles. The van der Waals surface area contributed by atoms with Crippen LogP contribution in [0, 0.1) is 5.92 Å². The molecule has 0 bridgehead atoms. The van der Waals surface area contributed by atoms with Crippen molar-refractivity contribution in [2.45, 2.75) is 57.4 Å². The quantitative estimate of drug-likeness (QED) is 0.560. The van der Waals surface area contributed by atoms with Crippen molar-refractivity contribution in [3.8, 4) is 0 Å². The monoisotopic (exact) mass is 404 g/mol. The van der Waals surface area contributed by atoms with Gasteiger partial charge in [0, 0.05) is 49.6 Å². The third-order valence-corrected chi connectivity index (χ3v) is 6.37. The highest BCUT2D eigenvalue weighted by Crippen LogP contribution is 2.28. The van der Waals surface area contributed by atoms with Crippen molar-refractivity contribution in [3.63, 3.8) is 0 Å². The van der Waals surface area contributed by atoms with Gasteiger partial charge in [0.05, 0.1) is 0 Å². The van der Waals surface area contributed by atoms with E-state index in [0.717, 1.165) is 56.3 Å². The molecule has 1 aromatic rings. The maximum Gasteiger partial charge on any atom is 0.225 e. The van der Waals surface area contributed by atoms with Crippen LogP contribution in [-0.4, -0.2) is 49.5 Å². The molecule has 0 radical (unpaired) electrons. The van der Waals surface area contributed by atoms with Gasteiger partial charge in [-0.05, 0) is 43.4 Å². The SMILES string of the molecule is CCC(CNC(=NC)NC1CCN(C(=O)C2CCCC2)C1)c1ccc(Cl)cc1. The molecular weight excluding hydrogens is 372 g/mol. The molecule has 154 valence electrons. The lowest BCUT2D eigenvalue weighted by atomic mass is 9.96. The predicted octanol–water partition coefficient (Wildman–Crippen LogP) is 3.79. The Morgan fingerprint density at radius 3 is 2.61 bits per heavy atom. The van der Waals surface area contributed by atoms with Crippen LogP contribution in [0.25, 0.3) is 0 Å². The number of carbonyl (C=O) groups is 1. The Morgan fingerprint density at radius 1 is 1.25 bits per heavy atom. The molecule has 2 fully saturated rings. The Hall–Kier alpha value is -1.75. The molecule has 2 atom stereocenters. The van der Waals surface area contributed by atoms with Crippen molar-refractivity contribution in [2.75, 3.05) is 26.7 Å². The maximum absolute atomic E-state index is 12.6. The first kappa shape index (κ1) is 21.0. The molecule has 1 heterocycles. The summed E-state index contributed by atoms with van der Waals surface area (Å²) >= 11 is 6.01. The van der Waals surface area contributed by atoms with Gasteiger partial charge in [-0.2, -0.15) is 0 Å². The maximum atomic E-state index is 12.6. The molecule has 1 saturated heterocycles. The number of guanidine groups is 1. The summed E-state index contributed by atoms with van der Waals surface area (Å²) in [5.41, 5.74) is 1.28. The second-order valence-corrected chi connectivity index (χ2v) is 8.44. The van der Waals surface area contributed by atoms with E-state index in [1.807, 2.05) is 17.0 Å². The first-order chi connectivity index (χ1) is 13.6. The van der Waals surface area contributed by atoms with E-state index in [0.29, 0.717) is 11.8 Å². The summed E-state index contributed by atoms with van der Waals surface area (Å²) in [5.74, 6) is 1.84. The molecule has 1 aliphatic carbocycles. The Bertz CT molecular complexity index is 670. The second kappa shape index (κ2) is 10.1. The molecule has 6 heteroatoms. The largest absolute Gasteiger partial charge is 0.356 e. The second-order valence-electron chi connectivity index (χ2n) is 8.01. The van der Waals surface area contributed by atoms with Crippen LogP contribution >= 0.6 is 11.6 Å². The van der Waals surface area contributed by atoms with Gasteiger partial charge >= 0.3 is 0 Å². The summed E-state index contributed by atoms with van der Waals surface area (Å²) in [5, 5.41) is 7.73. The van der Waals surface area contributed by atoms with E-state index < -0.39 is 0 Å². The predicted molar refractivity (Wildman–Crippen MR) is 116 cm³/mol. The number of likely N-dealkylation sites (tertiary alicyclic amines) is 1. The molecule has 2 unspecified atom stereocenters. The number of aliphatic imine (C=N–C) groups is 1. The summed E-state index contributed by atoms with van der Waals surface area (Å²) in [4.78, 5) is 19.1. The van der Waals surface area contributed by atoms with E-state index in [-0.39, 0.29) is 12.0 Å². The molecular formula is C22H33ClN4O. The average Bonchev–Trinajstić information content (AvgIpc) is 3.40. The smallest absolute Gasteiger partial charge is 0.225 e. The summed E-state index contributed by atoms with van der Waals surface area (Å²) in [6.07, 6.45) is 6.56. The normalized spacial score (nSPS) is 21.8. The Morgan fingerprint density at radius 2 is 1.96 bits per heavy atom. The van der Waals surface area contributed by atoms with E-state index in [4.69, 9.17) is 11.6 Å². The summed E-state index contributed by atoms with van der Waals surface area (Å²) in [6, 6.07) is 8.35. The van der Waals surface area contributed by atoms with Gasteiger partial charge in [-0.15, -0.1) is 0 Å². The van der Waals surface area contributed by atoms with E-state index in [1.165, 1.54) is 18.4 Å². The first-order valence-corrected chi connectivity index (χ1v) is 11.0. The van der Waals surface area contributed by atoms with Crippen LogP contribution in [0.5, 0.6) is 0 Å². The number of benzene rings is 1. The van der Waals surface area contributed by atoms with Gasteiger partial charge in [0.15, 0.2) is 5.96 Å². The Labute approximate surface area is 173 Å². The lowest BCUT2D eigenvalue weighted by Gasteiger charge is -2.22. The van der Waals surface area contributed by atoms with Crippen LogP contribution in [0.3, 0.4) is 0 Å². The fourth-order valence-corrected chi connectivity index (χ4v) is 4.48. The molecule has 0 spiro atoms. The fourth-order valence-electron chi connectivity index (χ4n) is 4.35. The van der Waals surface area contributed by atoms with Crippen LogP contribution in [-0.2, 0) is 4.79 Å². The third-order valence-electron chi connectivity index (χ3n) is 6.12. The molecule has 5 nitrogen and oxygen atoms in total. The van der Waals surface area contributed by atoms with Gasteiger partial charge < -0.3 is 15.5 Å². The Kier molecular flexibility index (Phi) is 7.60. The summed E-state index contributed by atoms with van der Waals surface area (Å²) < 4.78 is 0. The van der Waals surface area contributed by atoms with E-state index in [2.05, 4.69) is 34.7 Å². The van der Waals surface area contributed by atoms with E-state index in [1.54, 1.807) is 7.05 Å². The van der Waals surface area contributed by atoms with Crippen molar-refractivity contribution in [1.82, 2.24) is 15.5 Å². The molecule has 2 N–H and O–H groups in total. The molecule has 1 saturated carbocycles. The lowest BCUT2D eigenvalue weighted by Crippen LogP contribution is -2.46. The zero-order valence-electron chi connectivity index (χ0n) is 17.1. The number of hydrogen-bond donors (Lipinski definition) is 2. The average molecular weight is 405 g/mol. The summed E-state index contributed by atoms with van der Waals surface area (Å²) in [7, 11) is 1.80. The molecule has 1 aromatic carbocycles. The van der Waals surface area contributed by atoms with E-state index >= 15 is 0 Å². The topological polar surface area (TPSA) is 56.7 Å². The van der Waals surface area contributed by atoms with Crippen molar-refractivity contribution in [1.29, 1.82) is 0 Å². The number of carbonyl (C=O) groups excluding carboxylic acids is 1. The number of nitrogens with zero attached hydrogens (tertiary/aromatic N) is 2. The fraction of sp³-hybridized carbons (Fsp3) is 0.636. The lowest BCUT2D eigenvalue weighted by molar-refractivity contribution is -0.134. The number of halogens is 1. The van der Waals surface area contributed by atoms with Crippen molar-refractivity contribution >= 4 is 23.5 Å². The highest BCUT2D eigenvalue weighted by atomic mass is 35.5. The van der Waals surface area contributed by atoms with Gasteiger partial charge in [-0.3, -0.25) is 9.79 Å². The number of rotatable bonds is 6. The third kappa shape index (κ3) is 5.40. The number of hydrogen-bond acceptors (Lipinski definition) is 2. The van der Waals surface area contributed by atoms with Gasteiger partial charge in [0.25, 0.3) is 0 Å². The van der Waals surface area contributed by atoms with E-state index in [9.17, 15) is 4.79 Å². The van der Waals surface area contributed by atoms with Crippen molar-refractivity contribution < 1.29 is 4.79 Å². The van der Waals surface area contributed by atoms with Gasteiger partial charge in [-0.25, -0.2) is 0 Å². The first-order valence-electron chi connectivity index (χ1n) is 10.6. The van der Waals surface area contributed by atoms with Crippen molar-refractivity contribution in [2.24, 2.45) is 10.9 Å². The minimum absolute atomic E-state index is 0.265. The number of nitrogens with one attached hydrogen (secondary N) is 2. The van der Waals surface area contributed by atoms with Crippen LogP contribution in [0.1, 0.15) is 56.9 Å². The molecule has 3 rings (SSSR count). The minimum atomic E-state index is 0.265. The molecule has 0 aromatic heterocycles. The van der Waals surface area contributed by atoms with Crippen LogP contribution < -0.4 is 10.6 Å². The van der Waals surface area contributed by atoms with Crippen LogP contribution in [0.2, 0.25) is 5.02 Å². The zero-order valence-corrected chi connectivity index (χ0v) is 17.8. The molecule has 1 amide bonds. The highest BCUT2D eigenvalue weighted by Gasteiger charge is 2.32. The minimum Gasteiger partial charge on any atom is -0.356 e. The Balaban J connectivity index is 1.47. The van der Waals surface area contributed by atoms with Gasteiger partial charge in [-0.1, -0.05) is 43.5 Å². The standard InChI is InChI=1S/C22H33ClN4O/c1-3-16(17-8-10-19(23)11-9-17)14-25-22(24-2)26-20-12-13-27(15-20)21(28)18-6-4-5-7-18/h8-11,16,18,20H,3-7,12-15H2,1-2H3,(H2,24,25,26). The highest BCUT2D eigenvalue weighted by molar-refractivity contribution is 6.30. The van der Waals surface area contributed by atoms with Crippen LogP contribution in [0.15, 0.2) is 29.3 Å². The molecule has 28 heavy (non-hydrogen) atoms. The van der Waals surface area contributed by atoms with Gasteiger partial charge in [0.1, 0.15) is 0 Å². The zero-order chi connectivity index (χ0) is 19.9. The number of amides is 1. The van der Waals surface area contributed by atoms with Crippen molar-refractivity contribution in [3.05, 3.63) is 34.9 Å². The molecule has 2 aliphatic rings. The summed E-state index contributed by atoms with van der Waals surface area (Å²) in [6.45, 7) is 4.65. The van der Waals surface area contributed by atoms with Gasteiger partial charge in [0.2, 0.25) is 5.91 Å².